The van der Waals surface area contributed by atoms with E-state index in [1.807, 2.05) is 0 Å². The summed E-state index contributed by atoms with van der Waals surface area (Å²) in [5.74, 6) is 0. The number of likely N-dealkylation sites (tertiary alicyclic amines) is 1. The summed E-state index contributed by atoms with van der Waals surface area (Å²) in [5, 5.41) is 3.87. The van der Waals surface area contributed by atoms with Gasteiger partial charge in [-0.25, -0.2) is 0 Å². The first-order chi connectivity index (χ1) is 8.69. The molecule has 0 aromatic rings. The highest BCUT2D eigenvalue weighted by Gasteiger charge is 2.26. The molecule has 106 valence electrons. The summed E-state index contributed by atoms with van der Waals surface area (Å²) in [6, 6.07) is 2.14. The van der Waals surface area contributed by atoms with Crippen LogP contribution in [-0.4, -0.2) is 48.8 Å². The van der Waals surface area contributed by atoms with Crippen molar-refractivity contribution in [1.82, 2.24) is 10.2 Å². The van der Waals surface area contributed by atoms with E-state index in [4.69, 9.17) is 4.74 Å². The molecule has 1 N–H and O–H groups in total. The lowest BCUT2D eigenvalue weighted by molar-refractivity contribution is -0.00373. The smallest absolute Gasteiger partial charge is 0.0587 e. The van der Waals surface area contributed by atoms with Gasteiger partial charge in [0.1, 0.15) is 0 Å². The zero-order valence-electron chi connectivity index (χ0n) is 12.3. The van der Waals surface area contributed by atoms with Crippen LogP contribution in [0.4, 0.5) is 0 Å². The Kier molecular flexibility index (Phi) is 5.46. The van der Waals surface area contributed by atoms with Gasteiger partial charge in [0.25, 0.3) is 0 Å². The van der Waals surface area contributed by atoms with Crippen LogP contribution in [0.3, 0.4) is 0 Å². The van der Waals surface area contributed by atoms with E-state index in [1.165, 1.54) is 38.8 Å². The standard InChI is InChI=1S/C15H30N2O/c1-4-15-11-14(7-10-18-15)16-13-5-8-17(9-6-13)12(2)3/h12-16H,4-11H2,1-3H3. The van der Waals surface area contributed by atoms with Gasteiger partial charge in [0.15, 0.2) is 0 Å². The largest absolute Gasteiger partial charge is 0.378 e. The van der Waals surface area contributed by atoms with Gasteiger partial charge in [-0.1, -0.05) is 6.92 Å². The van der Waals surface area contributed by atoms with Gasteiger partial charge in [0, 0.05) is 24.7 Å². The summed E-state index contributed by atoms with van der Waals surface area (Å²) in [4.78, 5) is 2.59. The summed E-state index contributed by atoms with van der Waals surface area (Å²) in [6.45, 7) is 10.3. The molecule has 18 heavy (non-hydrogen) atoms. The van der Waals surface area contributed by atoms with Crippen LogP contribution >= 0.6 is 0 Å². The second-order valence-electron chi connectivity index (χ2n) is 6.19. The molecule has 3 heteroatoms. The molecule has 2 fully saturated rings. The molecule has 0 aromatic heterocycles. The van der Waals surface area contributed by atoms with Gasteiger partial charge in [-0.2, -0.15) is 0 Å². The Morgan fingerprint density at radius 1 is 1.17 bits per heavy atom. The van der Waals surface area contributed by atoms with Gasteiger partial charge in [0.05, 0.1) is 6.10 Å². The monoisotopic (exact) mass is 254 g/mol. The van der Waals surface area contributed by atoms with Crippen LogP contribution in [0.1, 0.15) is 52.9 Å². The molecule has 0 aromatic carbocycles. The average molecular weight is 254 g/mol. The minimum Gasteiger partial charge on any atom is -0.378 e. The number of hydrogen-bond acceptors (Lipinski definition) is 3. The Labute approximate surface area is 112 Å². The van der Waals surface area contributed by atoms with Gasteiger partial charge in [-0.15, -0.1) is 0 Å². The molecule has 2 rings (SSSR count). The molecule has 3 nitrogen and oxygen atoms in total. The molecular formula is C15H30N2O. The van der Waals surface area contributed by atoms with E-state index in [9.17, 15) is 0 Å². The lowest BCUT2D eigenvalue weighted by Gasteiger charge is -2.38. The van der Waals surface area contributed by atoms with Crippen molar-refractivity contribution in [2.75, 3.05) is 19.7 Å². The summed E-state index contributed by atoms with van der Waals surface area (Å²) in [5.41, 5.74) is 0. The van der Waals surface area contributed by atoms with Crippen molar-refractivity contribution in [3.8, 4) is 0 Å². The van der Waals surface area contributed by atoms with Crippen LogP contribution in [0.2, 0.25) is 0 Å². The van der Waals surface area contributed by atoms with E-state index in [2.05, 4.69) is 31.0 Å². The second kappa shape index (κ2) is 6.88. The number of nitrogens with one attached hydrogen (secondary N) is 1. The highest BCUT2D eigenvalue weighted by Crippen LogP contribution is 2.19. The summed E-state index contributed by atoms with van der Waals surface area (Å²) < 4.78 is 5.75. The highest BCUT2D eigenvalue weighted by molar-refractivity contribution is 4.84. The van der Waals surface area contributed by atoms with Gasteiger partial charge >= 0.3 is 0 Å². The van der Waals surface area contributed by atoms with Gasteiger partial charge in [-0.3, -0.25) is 0 Å². The molecule has 2 aliphatic heterocycles. The van der Waals surface area contributed by atoms with Crippen LogP contribution in [0, 0.1) is 0 Å². The zero-order chi connectivity index (χ0) is 13.0. The predicted molar refractivity (Wildman–Crippen MR) is 75.9 cm³/mol. The van der Waals surface area contributed by atoms with Crippen molar-refractivity contribution in [2.45, 2.75) is 77.1 Å². The molecule has 0 spiro atoms. The molecule has 2 aliphatic rings. The van der Waals surface area contributed by atoms with Crippen LogP contribution in [-0.2, 0) is 4.74 Å². The fraction of sp³-hybridized carbons (Fsp3) is 1.00. The van der Waals surface area contributed by atoms with E-state index in [-0.39, 0.29) is 0 Å². The molecule has 2 saturated heterocycles. The SMILES string of the molecule is CCC1CC(NC2CCN(C(C)C)CC2)CCO1. The normalized spacial score (nSPS) is 32.0. The summed E-state index contributed by atoms with van der Waals surface area (Å²) in [6.07, 6.45) is 6.68. The molecule has 0 saturated carbocycles. The summed E-state index contributed by atoms with van der Waals surface area (Å²) in [7, 11) is 0. The van der Waals surface area contributed by atoms with Crippen LogP contribution < -0.4 is 5.32 Å². The van der Waals surface area contributed by atoms with Crippen molar-refractivity contribution in [3.63, 3.8) is 0 Å². The molecular weight excluding hydrogens is 224 g/mol. The molecule has 0 amide bonds. The van der Waals surface area contributed by atoms with Gasteiger partial charge in [0.2, 0.25) is 0 Å². The Morgan fingerprint density at radius 2 is 1.89 bits per heavy atom. The minimum absolute atomic E-state index is 0.493. The third kappa shape index (κ3) is 3.94. The lowest BCUT2D eigenvalue weighted by Crippen LogP contribution is -2.49. The second-order valence-corrected chi connectivity index (χ2v) is 6.19. The van der Waals surface area contributed by atoms with Crippen molar-refractivity contribution < 1.29 is 4.74 Å². The molecule has 2 atom stereocenters. The molecule has 0 aliphatic carbocycles. The fourth-order valence-electron chi connectivity index (χ4n) is 3.23. The maximum Gasteiger partial charge on any atom is 0.0587 e. The number of nitrogens with zero attached hydrogens (tertiary/aromatic N) is 1. The Bertz CT molecular complexity index is 237. The topological polar surface area (TPSA) is 24.5 Å². The average Bonchev–Trinajstić information content (AvgIpc) is 2.39. The van der Waals surface area contributed by atoms with Gasteiger partial charge < -0.3 is 15.0 Å². The van der Waals surface area contributed by atoms with Crippen LogP contribution in [0.5, 0.6) is 0 Å². The third-order valence-corrected chi connectivity index (χ3v) is 4.55. The van der Waals surface area contributed by atoms with Crippen molar-refractivity contribution >= 4 is 0 Å². The Balaban J connectivity index is 1.71. The fourth-order valence-corrected chi connectivity index (χ4v) is 3.23. The molecule has 2 unspecified atom stereocenters. The first-order valence-electron chi connectivity index (χ1n) is 7.80. The highest BCUT2D eigenvalue weighted by atomic mass is 16.5. The summed E-state index contributed by atoms with van der Waals surface area (Å²) >= 11 is 0. The van der Waals surface area contributed by atoms with Crippen molar-refractivity contribution in [2.24, 2.45) is 0 Å². The Morgan fingerprint density at radius 3 is 2.50 bits per heavy atom. The lowest BCUT2D eigenvalue weighted by atomic mass is 9.97. The van der Waals surface area contributed by atoms with Crippen molar-refractivity contribution in [3.05, 3.63) is 0 Å². The third-order valence-electron chi connectivity index (χ3n) is 4.55. The Hall–Kier alpha value is -0.120. The number of ether oxygens (including phenoxy) is 1. The van der Waals surface area contributed by atoms with E-state index < -0.39 is 0 Å². The maximum absolute atomic E-state index is 5.75. The van der Waals surface area contributed by atoms with E-state index >= 15 is 0 Å². The van der Waals surface area contributed by atoms with Crippen LogP contribution in [0.15, 0.2) is 0 Å². The van der Waals surface area contributed by atoms with E-state index in [0.717, 1.165) is 19.1 Å². The number of rotatable bonds is 4. The minimum atomic E-state index is 0.493. The quantitative estimate of drug-likeness (QED) is 0.834. The first-order valence-corrected chi connectivity index (χ1v) is 7.80. The van der Waals surface area contributed by atoms with E-state index in [1.54, 1.807) is 0 Å². The first kappa shape index (κ1) is 14.3. The molecule has 0 radical (unpaired) electrons. The van der Waals surface area contributed by atoms with Gasteiger partial charge in [-0.05, 0) is 59.0 Å². The number of hydrogen-bond donors (Lipinski definition) is 1. The van der Waals surface area contributed by atoms with E-state index in [0.29, 0.717) is 18.2 Å². The van der Waals surface area contributed by atoms with Crippen LogP contribution in [0.25, 0.3) is 0 Å². The molecule has 0 bridgehead atoms. The predicted octanol–water partition coefficient (Wildman–Crippen LogP) is 2.41. The molecule has 2 heterocycles. The number of piperidine rings is 1. The van der Waals surface area contributed by atoms with Crippen molar-refractivity contribution in [1.29, 1.82) is 0 Å². The maximum atomic E-state index is 5.75. The zero-order valence-corrected chi connectivity index (χ0v) is 12.3.